The molecule has 1 atom stereocenters. The normalized spacial score (nSPS) is 12.9. The predicted octanol–water partition coefficient (Wildman–Crippen LogP) is 2.59. The van der Waals surface area contributed by atoms with Gasteiger partial charge in [0.1, 0.15) is 6.10 Å². The number of hydrogen-bond acceptors (Lipinski definition) is 4. The van der Waals surface area contributed by atoms with Crippen LogP contribution in [0, 0.1) is 0 Å². The second kappa shape index (κ2) is 5.07. The number of aryl methyl sites for hydroxylation is 1. The van der Waals surface area contributed by atoms with Crippen molar-refractivity contribution in [2.24, 2.45) is 0 Å². The molecule has 2 aromatic rings. The van der Waals surface area contributed by atoms with Crippen molar-refractivity contribution in [3.05, 3.63) is 32.9 Å². The molecule has 0 saturated carbocycles. The largest absolute Gasteiger partial charge is 0.381 e. The van der Waals surface area contributed by atoms with Gasteiger partial charge in [0.05, 0.1) is 26.8 Å². The maximum atomic E-state index is 10.2. The number of nitrogens with zero attached hydrogens (tertiary/aromatic N) is 3. The van der Waals surface area contributed by atoms with Crippen LogP contribution in [-0.2, 0) is 6.54 Å². The van der Waals surface area contributed by atoms with Gasteiger partial charge in [0.15, 0.2) is 0 Å². The van der Waals surface area contributed by atoms with E-state index in [4.69, 9.17) is 0 Å². The lowest BCUT2D eigenvalue weighted by Crippen LogP contribution is -2.09. The zero-order chi connectivity index (χ0) is 11.5. The van der Waals surface area contributed by atoms with Crippen LogP contribution in [0.2, 0.25) is 0 Å². The summed E-state index contributed by atoms with van der Waals surface area (Å²) in [5.41, 5.74) is 2.51. The minimum absolute atomic E-state index is 0.657. The summed E-state index contributed by atoms with van der Waals surface area (Å²) in [6.45, 7) is 2.88. The fourth-order valence-electron chi connectivity index (χ4n) is 1.53. The molecular formula is C10H12BrN3OS. The van der Waals surface area contributed by atoms with Gasteiger partial charge in [0.2, 0.25) is 0 Å². The van der Waals surface area contributed by atoms with Gasteiger partial charge in [-0.15, -0.1) is 11.3 Å². The molecule has 0 aliphatic heterocycles. The lowest BCUT2D eigenvalue weighted by atomic mass is 10.2. The van der Waals surface area contributed by atoms with E-state index >= 15 is 0 Å². The number of thiazole rings is 1. The average Bonchev–Trinajstić information content (AvgIpc) is 2.88. The van der Waals surface area contributed by atoms with E-state index in [9.17, 15) is 5.11 Å². The van der Waals surface area contributed by atoms with Crippen LogP contribution in [0.15, 0.2) is 22.4 Å². The number of rotatable bonds is 4. The number of halogens is 1. The van der Waals surface area contributed by atoms with Crippen LogP contribution in [0.5, 0.6) is 0 Å². The van der Waals surface area contributed by atoms with Crippen LogP contribution in [0.3, 0.4) is 0 Å². The molecule has 0 aliphatic carbocycles. The molecule has 2 rings (SSSR count). The smallest absolute Gasteiger partial charge is 0.132 e. The summed E-state index contributed by atoms with van der Waals surface area (Å²) in [7, 11) is 0. The van der Waals surface area contributed by atoms with E-state index in [-0.39, 0.29) is 0 Å². The zero-order valence-corrected chi connectivity index (χ0v) is 11.2. The van der Waals surface area contributed by atoms with Gasteiger partial charge in [-0.05, 0) is 22.4 Å². The predicted molar refractivity (Wildman–Crippen MR) is 66.4 cm³/mol. The first-order valence-electron chi connectivity index (χ1n) is 5.01. The fourth-order valence-corrected chi connectivity index (χ4v) is 2.65. The van der Waals surface area contributed by atoms with E-state index < -0.39 is 6.10 Å². The van der Waals surface area contributed by atoms with Crippen LogP contribution in [0.25, 0.3) is 0 Å². The third-order valence-corrected chi connectivity index (χ3v) is 3.69. The summed E-state index contributed by atoms with van der Waals surface area (Å²) in [6, 6.07) is 0. The number of hydrogen-bond donors (Lipinski definition) is 1. The average molecular weight is 302 g/mol. The molecule has 6 heteroatoms. The van der Waals surface area contributed by atoms with Crippen LogP contribution < -0.4 is 0 Å². The Bertz CT molecular complexity index is 455. The zero-order valence-electron chi connectivity index (χ0n) is 8.80. The van der Waals surface area contributed by atoms with Crippen molar-refractivity contribution >= 4 is 27.3 Å². The minimum atomic E-state index is -0.657. The number of aliphatic hydroxyl groups is 1. The van der Waals surface area contributed by atoms with Crippen molar-refractivity contribution in [3.63, 3.8) is 0 Å². The van der Waals surface area contributed by atoms with Crippen LogP contribution >= 0.6 is 27.3 Å². The quantitative estimate of drug-likeness (QED) is 0.944. The number of aromatic nitrogens is 3. The highest BCUT2D eigenvalue weighted by molar-refractivity contribution is 9.10. The van der Waals surface area contributed by atoms with E-state index in [1.807, 2.05) is 4.68 Å². The van der Waals surface area contributed by atoms with Gasteiger partial charge >= 0.3 is 0 Å². The molecule has 0 radical (unpaired) electrons. The van der Waals surface area contributed by atoms with Crippen molar-refractivity contribution in [1.82, 2.24) is 14.8 Å². The van der Waals surface area contributed by atoms with Gasteiger partial charge in [0, 0.05) is 12.7 Å². The van der Waals surface area contributed by atoms with Crippen molar-refractivity contribution in [2.45, 2.75) is 26.0 Å². The van der Waals surface area contributed by atoms with Crippen molar-refractivity contribution in [3.8, 4) is 0 Å². The molecule has 1 unspecified atom stereocenters. The highest BCUT2D eigenvalue weighted by Crippen LogP contribution is 2.30. The Morgan fingerprint density at radius 3 is 3.00 bits per heavy atom. The first-order chi connectivity index (χ1) is 7.74. The second-order valence-corrected chi connectivity index (χ2v) is 5.18. The van der Waals surface area contributed by atoms with Gasteiger partial charge in [-0.1, -0.05) is 6.92 Å². The maximum Gasteiger partial charge on any atom is 0.132 e. The Labute approximate surface area is 106 Å². The Morgan fingerprint density at radius 1 is 1.56 bits per heavy atom. The first kappa shape index (κ1) is 11.8. The van der Waals surface area contributed by atoms with E-state index in [0.29, 0.717) is 0 Å². The number of aliphatic hydroxyl groups excluding tert-OH is 1. The molecule has 2 heterocycles. The molecule has 4 nitrogen and oxygen atoms in total. The molecule has 1 N–H and O–H groups in total. The first-order valence-corrected chi connectivity index (χ1v) is 6.69. The van der Waals surface area contributed by atoms with Crippen molar-refractivity contribution in [2.75, 3.05) is 0 Å². The molecule has 86 valence electrons. The van der Waals surface area contributed by atoms with Crippen LogP contribution in [0.4, 0.5) is 0 Å². The topological polar surface area (TPSA) is 50.9 Å². The van der Waals surface area contributed by atoms with Crippen molar-refractivity contribution in [1.29, 1.82) is 0 Å². The van der Waals surface area contributed by atoms with E-state index in [0.717, 1.165) is 28.0 Å². The molecule has 0 bridgehead atoms. The van der Waals surface area contributed by atoms with E-state index in [1.165, 1.54) is 11.3 Å². The van der Waals surface area contributed by atoms with Gasteiger partial charge in [-0.2, -0.15) is 5.10 Å². The van der Waals surface area contributed by atoms with Crippen molar-refractivity contribution < 1.29 is 5.11 Å². The summed E-state index contributed by atoms with van der Waals surface area (Å²) in [6.07, 6.45) is 3.73. The summed E-state index contributed by atoms with van der Waals surface area (Å²) < 4.78 is 2.66. The Kier molecular flexibility index (Phi) is 3.73. The third-order valence-electron chi connectivity index (χ3n) is 2.25. The van der Waals surface area contributed by atoms with Crippen LogP contribution in [0.1, 0.15) is 30.0 Å². The molecule has 0 amide bonds. The minimum Gasteiger partial charge on any atom is -0.381 e. The molecule has 0 aliphatic rings. The summed E-state index contributed by atoms with van der Waals surface area (Å²) in [4.78, 5) is 4.80. The molecular weight excluding hydrogens is 290 g/mol. The van der Waals surface area contributed by atoms with Gasteiger partial charge < -0.3 is 5.11 Å². The summed E-state index contributed by atoms with van der Waals surface area (Å²) in [5, 5.41) is 14.5. The summed E-state index contributed by atoms with van der Waals surface area (Å²) >= 11 is 4.86. The standard InChI is InChI=1S/C10H12BrN3OS/c1-2-3-14-9(7(11)4-13-14)10(15)8-5-12-6-16-8/h4-6,10,15H,2-3H2,1H3. The lowest BCUT2D eigenvalue weighted by molar-refractivity contribution is 0.210. The molecule has 0 aromatic carbocycles. The lowest BCUT2D eigenvalue weighted by Gasteiger charge is -2.11. The molecule has 0 saturated heterocycles. The maximum absolute atomic E-state index is 10.2. The van der Waals surface area contributed by atoms with Gasteiger partial charge in [0.25, 0.3) is 0 Å². The Balaban J connectivity index is 2.35. The Hall–Kier alpha value is -0.720. The van der Waals surface area contributed by atoms with Gasteiger partial charge in [-0.3, -0.25) is 9.67 Å². The molecule has 16 heavy (non-hydrogen) atoms. The monoisotopic (exact) mass is 301 g/mol. The highest BCUT2D eigenvalue weighted by atomic mass is 79.9. The fraction of sp³-hybridized carbons (Fsp3) is 0.400. The molecule has 0 spiro atoms. The van der Waals surface area contributed by atoms with E-state index in [2.05, 4.69) is 32.9 Å². The summed E-state index contributed by atoms with van der Waals surface area (Å²) in [5.74, 6) is 0. The second-order valence-electron chi connectivity index (χ2n) is 3.41. The SMILES string of the molecule is CCCn1ncc(Br)c1C(O)c1cncs1. The molecule has 0 fully saturated rings. The highest BCUT2D eigenvalue weighted by Gasteiger charge is 2.20. The molecule has 2 aromatic heterocycles. The van der Waals surface area contributed by atoms with Crippen LogP contribution in [-0.4, -0.2) is 19.9 Å². The van der Waals surface area contributed by atoms with E-state index in [1.54, 1.807) is 17.9 Å². The Morgan fingerprint density at radius 2 is 2.38 bits per heavy atom. The third kappa shape index (κ3) is 2.18. The van der Waals surface area contributed by atoms with Gasteiger partial charge in [-0.25, -0.2) is 0 Å².